The van der Waals surface area contributed by atoms with Crippen LogP contribution < -0.4 is 8.32 Å². The second kappa shape index (κ2) is 7.48. The average molecular weight is 365 g/mol. The van der Waals surface area contributed by atoms with E-state index in [-0.39, 0.29) is 0 Å². The predicted octanol–water partition coefficient (Wildman–Crippen LogP) is 3.84. The summed E-state index contributed by atoms with van der Waals surface area (Å²) in [6, 6.07) is 9.99. The summed E-state index contributed by atoms with van der Waals surface area (Å²) in [6.45, 7) is 4.00. The number of nitrogens with zero attached hydrogens (tertiary/aromatic N) is 2. The number of ether oxygens (including phenoxy) is 1. The molecule has 0 atom stereocenters. The Hall–Kier alpha value is -1.10. The molecule has 0 aliphatic rings. The van der Waals surface area contributed by atoms with Gasteiger partial charge in [0, 0.05) is 0 Å². The normalized spacial score (nSPS) is 10.4. The minimum atomic E-state index is -2.04. The number of rotatable bonds is 3. The number of hydrogen-bond acceptors (Lipinski definition) is 3. The van der Waals surface area contributed by atoms with Crippen molar-refractivity contribution in [3.8, 4) is 11.8 Å². The van der Waals surface area contributed by atoms with Crippen LogP contribution in [0.25, 0.3) is 0 Å². The standard InChI is InChI=1S/C10H7N2O.C2H6.3CH3.Sn/c1-2-5-9(6-3-1)13-10-11-7-4-8-12-10;1-2;;;;/h1-3,5-8H;1-2H3;3*1H3;. The Kier molecular flexibility index (Phi) is 6.28. The van der Waals surface area contributed by atoms with Gasteiger partial charge in [0.15, 0.2) is 0 Å². The van der Waals surface area contributed by atoms with Crippen molar-refractivity contribution in [1.82, 2.24) is 9.97 Å². The Bertz CT molecular complexity index is 478. The van der Waals surface area contributed by atoms with E-state index in [0.29, 0.717) is 6.01 Å². The molecule has 0 radical (unpaired) electrons. The van der Waals surface area contributed by atoms with Gasteiger partial charge in [-0.25, -0.2) is 0 Å². The number of hydrogen-bond donors (Lipinski definition) is 0. The first-order valence-electron chi connectivity index (χ1n) is 6.61. The van der Waals surface area contributed by atoms with Gasteiger partial charge in [-0.1, -0.05) is 13.8 Å². The van der Waals surface area contributed by atoms with Crippen LogP contribution in [0.2, 0.25) is 14.8 Å². The zero-order valence-electron chi connectivity index (χ0n) is 12.3. The third-order valence-corrected chi connectivity index (χ3v) is 8.13. The fraction of sp³-hybridized carbons (Fsp3) is 0.333. The molecule has 3 nitrogen and oxygen atoms in total. The molecule has 0 saturated heterocycles. The van der Waals surface area contributed by atoms with Crippen molar-refractivity contribution >= 4 is 22.0 Å². The van der Waals surface area contributed by atoms with Crippen molar-refractivity contribution in [1.29, 1.82) is 0 Å². The van der Waals surface area contributed by atoms with E-state index in [9.17, 15) is 0 Å². The molecule has 0 saturated carbocycles. The summed E-state index contributed by atoms with van der Waals surface area (Å²) in [4.78, 5) is 15.5. The van der Waals surface area contributed by atoms with Gasteiger partial charge >= 0.3 is 106 Å². The van der Waals surface area contributed by atoms with Crippen LogP contribution in [0.1, 0.15) is 13.8 Å². The van der Waals surface area contributed by atoms with Gasteiger partial charge < -0.3 is 0 Å². The summed E-state index contributed by atoms with van der Waals surface area (Å²) < 4.78 is 6.85. The first-order valence-corrected chi connectivity index (χ1v) is 16.6. The molecule has 1 aromatic carbocycles. The molecule has 0 amide bonds. The molecule has 19 heavy (non-hydrogen) atoms. The fourth-order valence-corrected chi connectivity index (χ4v) is 3.93. The maximum absolute atomic E-state index is 5.55. The van der Waals surface area contributed by atoms with Crippen LogP contribution in [0.5, 0.6) is 11.8 Å². The second-order valence-corrected chi connectivity index (χ2v) is 19.4. The second-order valence-electron chi connectivity index (χ2n) is 4.92. The van der Waals surface area contributed by atoms with Crippen LogP contribution in [-0.2, 0) is 0 Å². The number of para-hydroxylation sites is 1. The number of benzene rings is 1. The van der Waals surface area contributed by atoms with Gasteiger partial charge in [0.2, 0.25) is 0 Å². The molecule has 0 fully saturated rings. The first-order chi connectivity index (χ1) is 9.05. The SMILES string of the molecule is CC.[CH3][Sn]([CH3])([CH3])[c]1cnc(Oc2ccccc2)nc1. The van der Waals surface area contributed by atoms with E-state index < -0.39 is 18.4 Å². The topological polar surface area (TPSA) is 35.0 Å². The van der Waals surface area contributed by atoms with Gasteiger partial charge in [0.1, 0.15) is 0 Å². The van der Waals surface area contributed by atoms with Crippen LogP contribution in [0.3, 0.4) is 0 Å². The van der Waals surface area contributed by atoms with Crippen LogP contribution in [0.4, 0.5) is 0 Å². The van der Waals surface area contributed by atoms with E-state index in [1.165, 1.54) is 3.58 Å². The average Bonchev–Trinajstić information content (AvgIpc) is 2.42. The molecule has 0 aliphatic carbocycles. The van der Waals surface area contributed by atoms with Gasteiger partial charge in [-0.2, -0.15) is 0 Å². The van der Waals surface area contributed by atoms with Crippen molar-refractivity contribution in [3.63, 3.8) is 0 Å². The van der Waals surface area contributed by atoms with Crippen LogP contribution in [-0.4, -0.2) is 28.3 Å². The fourth-order valence-electron chi connectivity index (χ4n) is 1.35. The summed E-state index contributed by atoms with van der Waals surface area (Å²) in [5.41, 5.74) is 0. The third kappa shape index (κ3) is 5.18. The molecule has 0 bridgehead atoms. The van der Waals surface area contributed by atoms with Gasteiger partial charge in [-0.05, 0) is 0 Å². The van der Waals surface area contributed by atoms with Crippen molar-refractivity contribution in [2.24, 2.45) is 0 Å². The Morgan fingerprint density at radius 3 is 1.89 bits per heavy atom. The molecular weight excluding hydrogens is 343 g/mol. The van der Waals surface area contributed by atoms with E-state index in [4.69, 9.17) is 4.74 Å². The quantitative estimate of drug-likeness (QED) is 0.776. The van der Waals surface area contributed by atoms with Crippen LogP contribution >= 0.6 is 0 Å². The zero-order chi connectivity index (χ0) is 14.3. The van der Waals surface area contributed by atoms with Crippen molar-refractivity contribution in [2.45, 2.75) is 28.7 Å². The first kappa shape index (κ1) is 16.0. The molecule has 1 heterocycles. The van der Waals surface area contributed by atoms with Crippen molar-refractivity contribution in [2.75, 3.05) is 0 Å². The van der Waals surface area contributed by atoms with E-state index in [1.807, 2.05) is 56.6 Å². The van der Waals surface area contributed by atoms with Crippen LogP contribution in [0.15, 0.2) is 42.7 Å². The van der Waals surface area contributed by atoms with Gasteiger partial charge in [0.05, 0.1) is 0 Å². The Morgan fingerprint density at radius 2 is 1.42 bits per heavy atom. The number of aromatic nitrogens is 2. The molecule has 2 rings (SSSR count). The zero-order valence-corrected chi connectivity index (χ0v) is 15.2. The van der Waals surface area contributed by atoms with Gasteiger partial charge in [-0.3, -0.25) is 0 Å². The Labute approximate surface area is 119 Å². The molecule has 0 N–H and O–H groups in total. The summed E-state index contributed by atoms with van der Waals surface area (Å²) in [6.07, 6.45) is 3.81. The van der Waals surface area contributed by atoms with E-state index in [0.717, 1.165) is 5.75 Å². The van der Waals surface area contributed by atoms with Gasteiger partial charge in [-0.15, -0.1) is 0 Å². The van der Waals surface area contributed by atoms with E-state index in [2.05, 4.69) is 24.8 Å². The molecule has 2 aromatic rings. The minimum absolute atomic E-state index is 0.412. The molecule has 4 heteroatoms. The molecule has 0 aliphatic heterocycles. The third-order valence-electron chi connectivity index (χ3n) is 2.45. The molecular formula is C15H22N2OSn. The summed E-state index contributed by atoms with van der Waals surface area (Å²) in [5.74, 6) is 0.763. The maximum atomic E-state index is 5.55. The monoisotopic (exact) mass is 366 g/mol. The Morgan fingerprint density at radius 1 is 0.895 bits per heavy atom. The van der Waals surface area contributed by atoms with E-state index in [1.54, 1.807) is 0 Å². The van der Waals surface area contributed by atoms with Gasteiger partial charge in [0.25, 0.3) is 0 Å². The predicted molar refractivity (Wildman–Crippen MR) is 82.9 cm³/mol. The summed E-state index contributed by atoms with van der Waals surface area (Å²) in [7, 11) is 0. The summed E-state index contributed by atoms with van der Waals surface area (Å²) >= 11 is -2.04. The molecule has 1 aromatic heterocycles. The van der Waals surface area contributed by atoms with Crippen molar-refractivity contribution < 1.29 is 4.74 Å². The molecule has 0 unspecified atom stereocenters. The Balaban J connectivity index is 0.000000861. The van der Waals surface area contributed by atoms with Crippen molar-refractivity contribution in [3.05, 3.63) is 42.7 Å². The van der Waals surface area contributed by atoms with Crippen LogP contribution in [0, 0.1) is 0 Å². The summed E-state index contributed by atoms with van der Waals surface area (Å²) in [5, 5.41) is 0. The van der Waals surface area contributed by atoms with E-state index >= 15 is 0 Å². The molecule has 0 spiro atoms. The molecule has 102 valence electrons.